The van der Waals surface area contributed by atoms with Gasteiger partial charge < -0.3 is 15.7 Å². The number of hydrogen-bond acceptors (Lipinski definition) is 3. The Balaban J connectivity index is 2.57. The Hall–Kier alpha value is -1.77. The molecule has 0 spiro atoms. The molecule has 1 rings (SSSR count). The van der Waals surface area contributed by atoms with Crippen LogP contribution >= 0.6 is 0 Å². The van der Waals surface area contributed by atoms with Crippen LogP contribution in [0.5, 0.6) is 0 Å². The topological polar surface area (TPSA) is 102 Å². The number of carbonyl (C=O) groups excluding carboxylic acids is 1. The molecule has 0 radical (unpaired) electrons. The van der Waals surface area contributed by atoms with Gasteiger partial charge in [0.25, 0.3) is 0 Å². The van der Waals surface area contributed by atoms with E-state index in [2.05, 4.69) is 10.6 Å². The molecule has 0 aromatic rings. The number of nitriles is 1. The number of nitrogens with zero attached hydrogens (tertiary/aromatic N) is 1. The molecule has 0 bridgehead atoms. The van der Waals surface area contributed by atoms with Crippen LogP contribution in [-0.2, 0) is 4.79 Å². The number of rotatable bonds is 5. The number of hydrogen-bond donors (Lipinski definition) is 3. The first kappa shape index (κ1) is 14.3. The summed E-state index contributed by atoms with van der Waals surface area (Å²) in [5, 5.41) is 21.9. The summed E-state index contributed by atoms with van der Waals surface area (Å²) < 4.78 is 0. The maximum atomic E-state index is 11.9. The van der Waals surface area contributed by atoms with E-state index < -0.39 is 6.09 Å². The van der Waals surface area contributed by atoms with Gasteiger partial charge in [0.2, 0.25) is 5.91 Å². The molecule has 1 fully saturated rings. The van der Waals surface area contributed by atoms with Crippen molar-refractivity contribution >= 4 is 12.0 Å². The number of carboxylic acid groups (broad SMARTS) is 1. The Labute approximate surface area is 106 Å². The molecule has 3 N–H and O–H groups in total. The van der Waals surface area contributed by atoms with E-state index in [0.29, 0.717) is 0 Å². The van der Waals surface area contributed by atoms with Gasteiger partial charge in [-0.1, -0.05) is 19.3 Å². The lowest BCUT2D eigenvalue weighted by molar-refractivity contribution is -0.126. The zero-order valence-corrected chi connectivity index (χ0v) is 10.3. The van der Waals surface area contributed by atoms with Crippen LogP contribution in [0.2, 0.25) is 0 Å². The first-order valence-corrected chi connectivity index (χ1v) is 6.26. The molecular weight excluding hydrogens is 234 g/mol. The molecule has 6 nitrogen and oxygen atoms in total. The van der Waals surface area contributed by atoms with Crippen LogP contribution in [0.4, 0.5) is 4.79 Å². The summed E-state index contributed by atoms with van der Waals surface area (Å²) in [6, 6.07) is 1.85. The van der Waals surface area contributed by atoms with Crippen LogP contribution in [0.15, 0.2) is 0 Å². The summed E-state index contributed by atoms with van der Waals surface area (Å²) >= 11 is 0. The van der Waals surface area contributed by atoms with E-state index in [4.69, 9.17) is 10.4 Å². The van der Waals surface area contributed by atoms with Crippen LogP contribution < -0.4 is 10.6 Å². The molecule has 1 unspecified atom stereocenters. The first-order chi connectivity index (χ1) is 8.65. The van der Waals surface area contributed by atoms with Gasteiger partial charge in [-0.15, -0.1) is 0 Å². The van der Waals surface area contributed by atoms with E-state index in [1.807, 2.05) is 6.07 Å². The lowest BCUT2D eigenvalue weighted by Crippen LogP contribution is -2.42. The standard InChI is InChI=1S/C12H19N3O3/c13-6-7-14-11(16)10(8-15-12(17)18)9-4-2-1-3-5-9/h9-10,15H,1-5,7-8H2,(H,14,16)(H,17,18). The Kier molecular flexibility index (Phi) is 5.98. The van der Waals surface area contributed by atoms with Gasteiger partial charge in [-0.25, -0.2) is 4.79 Å². The summed E-state index contributed by atoms with van der Waals surface area (Å²) in [6.07, 6.45) is 4.12. The Bertz CT molecular complexity index is 332. The molecule has 0 aromatic heterocycles. The van der Waals surface area contributed by atoms with Gasteiger partial charge in [-0.2, -0.15) is 5.26 Å². The van der Waals surface area contributed by atoms with Crippen molar-refractivity contribution in [3.8, 4) is 6.07 Å². The number of nitrogens with one attached hydrogen (secondary N) is 2. The predicted molar refractivity (Wildman–Crippen MR) is 64.7 cm³/mol. The van der Waals surface area contributed by atoms with Gasteiger partial charge in [0.05, 0.1) is 12.0 Å². The van der Waals surface area contributed by atoms with Crippen LogP contribution in [0.1, 0.15) is 32.1 Å². The average Bonchev–Trinajstić information content (AvgIpc) is 2.37. The highest BCUT2D eigenvalue weighted by Crippen LogP contribution is 2.29. The number of amides is 2. The SMILES string of the molecule is N#CCNC(=O)C(CNC(=O)O)C1CCCCC1. The van der Waals surface area contributed by atoms with Crippen molar-refractivity contribution in [2.75, 3.05) is 13.1 Å². The van der Waals surface area contributed by atoms with Crippen molar-refractivity contribution in [1.29, 1.82) is 5.26 Å². The zero-order chi connectivity index (χ0) is 13.4. The van der Waals surface area contributed by atoms with Crippen LogP contribution in [0, 0.1) is 23.2 Å². The molecule has 1 atom stereocenters. The molecule has 100 valence electrons. The van der Waals surface area contributed by atoms with Crippen LogP contribution in [-0.4, -0.2) is 30.2 Å². The van der Waals surface area contributed by atoms with Gasteiger partial charge in [-0.05, 0) is 18.8 Å². The lowest BCUT2D eigenvalue weighted by Gasteiger charge is -2.29. The highest BCUT2D eigenvalue weighted by atomic mass is 16.4. The Morgan fingerprint density at radius 1 is 1.28 bits per heavy atom. The van der Waals surface area contributed by atoms with E-state index in [9.17, 15) is 9.59 Å². The highest BCUT2D eigenvalue weighted by Gasteiger charge is 2.29. The van der Waals surface area contributed by atoms with Crippen molar-refractivity contribution < 1.29 is 14.7 Å². The minimum atomic E-state index is -1.12. The van der Waals surface area contributed by atoms with E-state index >= 15 is 0 Å². The monoisotopic (exact) mass is 253 g/mol. The second-order valence-corrected chi connectivity index (χ2v) is 4.57. The van der Waals surface area contributed by atoms with Crippen molar-refractivity contribution in [3.05, 3.63) is 0 Å². The van der Waals surface area contributed by atoms with E-state index in [0.717, 1.165) is 25.7 Å². The van der Waals surface area contributed by atoms with Crippen molar-refractivity contribution in [1.82, 2.24) is 10.6 Å². The maximum Gasteiger partial charge on any atom is 0.404 e. The molecule has 1 aliphatic rings. The fourth-order valence-electron chi connectivity index (χ4n) is 2.46. The zero-order valence-electron chi connectivity index (χ0n) is 10.3. The average molecular weight is 253 g/mol. The summed E-state index contributed by atoms with van der Waals surface area (Å²) in [5.74, 6) is -0.378. The molecule has 18 heavy (non-hydrogen) atoms. The van der Waals surface area contributed by atoms with Crippen molar-refractivity contribution in [2.24, 2.45) is 11.8 Å². The molecular formula is C12H19N3O3. The highest BCUT2D eigenvalue weighted by molar-refractivity contribution is 5.80. The quantitative estimate of drug-likeness (QED) is 0.638. The molecule has 0 aliphatic heterocycles. The van der Waals surface area contributed by atoms with E-state index in [1.165, 1.54) is 6.42 Å². The number of carbonyl (C=O) groups is 2. The molecule has 1 saturated carbocycles. The van der Waals surface area contributed by atoms with Crippen LogP contribution in [0.25, 0.3) is 0 Å². The van der Waals surface area contributed by atoms with Crippen LogP contribution in [0.3, 0.4) is 0 Å². The van der Waals surface area contributed by atoms with E-state index in [-0.39, 0.29) is 30.8 Å². The summed E-state index contributed by atoms with van der Waals surface area (Å²) in [5.41, 5.74) is 0. The second kappa shape index (κ2) is 7.54. The third kappa shape index (κ3) is 4.62. The van der Waals surface area contributed by atoms with Crippen molar-refractivity contribution in [3.63, 3.8) is 0 Å². The maximum absolute atomic E-state index is 11.9. The molecule has 0 saturated heterocycles. The minimum absolute atomic E-state index is 0.0326. The largest absolute Gasteiger partial charge is 0.465 e. The van der Waals surface area contributed by atoms with E-state index in [1.54, 1.807) is 0 Å². The second-order valence-electron chi connectivity index (χ2n) is 4.57. The van der Waals surface area contributed by atoms with Gasteiger partial charge in [0, 0.05) is 6.54 Å². The molecule has 0 aromatic carbocycles. The first-order valence-electron chi connectivity index (χ1n) is 6.26. The predicted octanol–water partition coefficient (Wildman–Crippen LogP) is 1.09. The molecule has 1 aliphatic carbocycles. The summed E-state index contributed by atoms with van der Waals surface area (Å²) in [7, 11) is 0. The third-order valence-electron chi connectivity index (χ3n) is 3.37. The molecule has 0 heterocycles. The van der Waals surface area contributed by atoms with Gasteiger partial charge in [0.15, 0.2) is 0 Å². The molecule has 2 amide bonds. The summed E-state index contributed by atoms with van der Waals surface area (Å²) in [6.45, 7) is 0.0897. The summed E-state index contributed by atoms with van der Waals surface area (Å²) in [4.78, 5) is 22.4. The van der Waals surface area contributed by atoms with Gasteiger partial charge >= 0.3 is 6.09 Å². The third-order valence-corrected chi connectivity index (χ3v) is 3.37. The van der Waals surface area contributed by atoms with Gasteiger partial charge in [-0.3, -0.25) is 4.79 Å². The normalized spacial score (nSPS) is 17.5. The Morgan fingerprint density at radius 2 is 1.94 bits per heavy atom. The minimum Gasteiger partial charge on any atom is -0.465 e. The molecule has 6 heteroatoms. The smallest absolute Gasteiger partial charge is 0.404 e. The van der Waals surface area contributed by atoms with Gasteiger partial charge in [0.1, 0.15) is 6.54 Å². The fraction of sp³-hybridized carbons (Fsp3) is 0.750. The van der Waals surface area contributed by atoms with Crippen molar-refractivity contribution in [2.45, 2.75) is 32.1 Å². The fourth-order valence-corrected chi connectivity index (χ4v) is 2.46. The lowest BCUT2D eigenvalue weighted by atomic mass is 9.79. The Morgan fingerprint density at radius 3 is 2.50 bits per heavy atom.